The highest BCUT2D eigenvalue weighted by Gasteiger charge is 2.15. The van der Waals surface area contributed by atoms with Gasteiger partial charge >= 0.3 is 18.1 Å². The molecule has 6 N–H and O–H groups in total. The number of unbranched alkanes of at least 4 members (excludes halogenated alkanes) is 2. The highest BCUT2D eigenvalue weighted by molar-refractivity contribution is 5.77. The second-order valence-electron chi connectivity index (χ2n) is 6.07. The van der Waals surface area contributed by atoms with Gasteiger partial charge in [0.2, 0.25) is 0 Å². The lowest BCUT2D eigenvalue weighted by Crippen LogP contribution is -2.46. The second-order valence-corrected chi connectivity index (χ2v) is 6.07. The maximum absolute atomic E-state index is 11.4. The van der Waals surface area contributed by atoms with Gasteiger partial charge in [0, 0.05) is 19.6 Å². The Hall–Kier alpha value is -2.03. The molecule has 134 valence electrons. The molecule has 0 saturated carbocycles. The number of hydrogen-bond acceptors (Lipinski definition) is 5. The van der Waals surface area contributed by atoms with E-state index in [1.807, 2.05) is 0 Å². The first-order valence-electron chi connectivity index (χ1n) is 7.59. The molecule has 0 heterocycles. The van der Waals surface area contributed by atoms with Crippen LogP contribution < -0.4 is 21.7 Å². The van der Waals surface area contributed by atoms with Crippen LogP contribution in [0.4, 0.5) is 9.59 Å². The van der Waals surface area contributed by atoms with Crippen LogP contribution in [0.5, 0.6) is 0 Å². The van der Waals surface area contributed by atoms with E-state index in [-0.39, 0.29) is 6.54 Å². The van der Waals surface area contributed by atoms with Gasteiger partial charge in [0.1, 0.15) is 11.6 Å². The zero-order chi connectivity index (χ0) is 17.9. The van der Waals surface area contributed by atoms with Gasteiger partial charge in [-0.15, -0.1) is 0 Å². The molecule has 0 bridgehead atoms. The summed E-state index contributed by atoms with van der Waals surface area (Å²) in [5.41, 5.74) is 4.74. The number of ether oxygens (including phenoxy) is 1. The zero-order valence-electron chi connectivity index (χ0n) is 14.0. The lowest BCUT2D eigenvalue weighted by molar-refractivity contribution is -0.138. The predicted octanol–water partition coefficient (Wildman–Crippen LogP) is 0.393. The van der Waals surface area contributed by atoms with Crippen molar-refractivity contribution in [2.75, 3.05) is 19.6 Å². The predicted molar refractivity (Wildman–Crippen MR) is 85.1 cm³/mol. The number of nitrogens with one attached hydrogen (secondary N) is 3. The van der Waals surface area contributed by atoms with E-state index in [2.05, 4.69) is 16.0 Å². The summed E-state index contributed by atoms with van der Waals surface area (Å²) in [7, 11) is 0. The van der Waals surface area contributed by atoms with Gasteiger partial charge in [-0.3, -0.25) is 4.79 Å². The number of alkyl carbamates (subject to hydrolysis) is 1. The lowest BCUT2D eigenvalue weighted by Gasteiger charge is -2.19. The summed E-state index contributed by atoms with van der Waals surface area (Å²) in [6, 6.07) is -1.56. The Bertz CT molecular complexity index is 395. The minimum Gasteiger partial charge on any atom is -0.480 e. The third kappa shape index (κ3) is 13.4. The number of aliphatic carboxylic acids is 1. The highest BCUT2D eigenvalue weighted by Crippen LogP contribution is 2.06. The third-order valence-corrected chi connectivity index (χ3v) is 2.61. The SMILES string of the molecule is CC(C)(C)OC(=O)NCCCCCNC(=O)NCC(N)C(=O)O. The summed E-state index contributed by atoms with van der Waals surface area (Å²) < 4.78 is 5.09. The molecule has 0 spiro atoms. The first-order chi connectivity index (χ1) is 10.6. The molecule has 0 saturated heterocycles. The van der Waals surface area contributed by atoms with Gasteiger partial charge < -0.3 is 31.5 Å². The number of carboxylic acids is 1. The molecule has 0 aromatic rings. The van der Waals surface area contributed by atoms with Crippen molar-refractivity contribution < 1.29 is 24.2 Å². The molecule has 9 heteroatoms. The minimum atomic E-state index is -1.16. The van der Waals surface area contributed by atoms with E-state index >= 15 is 0 Å². The van der Waals surface area contributed by atoms with E-state index in [0.29, 0.717) is 13.1 Å². The van der Waals surface area contributed by atoms with Gasteiger partial charge in [0.05, 0.1) is 0 Å². The summed E-state index contributed by atoms with van der Waals surface area (Å²) >= 11 is 0. The highest BCUT2D eigenvalue weighted by atomic mass is 16.6. The Kier molecular flexibility index (Phi) is 9.71. The first-order valence-corrected chi connectivity index (χ1v) is 7.59. The normalized spacial score (nSPS) is 12.2. The topological polar surface area (TPSA) is 143 Å². The van der Waals surface area contributed by atoms with E-state index in [1.165, 1.54) is 0 Å². The Balaban J connectivity index is 3.51. The molecule has 0 aliphatic heterocycles. The number of amides is 3. The molecule has 1 atom stereocenters. The average Bonchev–Trinajstić information content (AvgIpc) is 2.41. The van der Waals surface area contributed by atoms with Crippen molar-refractivity contribution in [3.05, 3.63) is 0 Å². The van der Waals surface area contributed by atoms with Crippen LogP contribution in [0.1, 0.15) is 40.0 Å². The summed E-state index contributed by atoms with van der Waals surface area (Å²) in [6.07, 6.45) is 1.90. The van der Waals surface area contributed by atoms with Crippen LogP contribution in [-0.4, -0.2) is 54.5 Å². The largest absolute Gasteiger partial charge is 0.480 e. The number of urea groups is 1. The van der Waals surface area contributed by atoms with Crippen molar-refractivity contribution in [3.8, 4) is 0 Å². The number of carboxylic acid groups (broad SMARTS) is 1. The van der Waals surface area contributed by atoms with Crippen molar-refractivity contribution in [1.29, 1.82) is 0 Å². The number of rotatable bonds is 9. The molecule has 0 fully saturated rings. The van der Waals surface area contributed by atoms with Crippen LogP contribution in [0.2, 0.25) is 0 Å². The maximum atomic E-state index is 11.4. The van der Waals surface area contributed by atoms with Gasteiger partial charge in [0.25, 0.3) is 0 Å². The Morgan fingerprint density at radius 2 is 1.61 bits per heavy atom. The fourth-order valence-electron chi connectivity index (χ4n) is 1.49. The second kappa shape index (κ2) is 10.7. The van der Waals surface area contributed by atoms with Crippen molar-refractivity contribution in [1.82, 2.24) is 16.0 Å². The zero-order valence-corrected chi connectivity index (χ0v) is 14.0. The van der Waals surface area contributed by atoms with Crippen LogP contribution in [0.25, 0.3) is 0 Å². The van der Waals surface area contributed by atoms with Crippen LogP contribution in [0.15, 0.2) is 0 Å². The van der Waals surface area contributed by atoms with E-state index in [1.54, 1.807) is 20.8 Å². The summed E-state index contributed by atoms with van der Waals surface area (Å²) in [5.74, 6) is -1.16. The molecule has 0 aromatic carbocycles. The molecule has 9 nitrogen and oxygen atoms in total. The standard InChI is InChI=1S/C14H28N4O5/c1-14(2,3)23-13(22)17-8-6-4-5-7-16-12(21)18-9-10(15)11(19)20/h10H,4-9,15H2,1-3H3,(H,17,22)(H,19,20)(H2,16,18,21). The smallest absolute Gasteiger partial charge is 0.407 e. The molecule has 3 amide bonds. The first kappa shape index (κ1) is 21.0. The van der Waals surface area contributed by atoms with Crippen LogP contribution in [0, 0.1) is 0 Å². The fraction of sp³-hybridized carbons (Fsp3) is 0.786. The van der Waals surface area contributed by atoms with Gasteiger partial charge in [-0.25, -0.2) is 9.59 Å². The molecule has 0 aliphatic rings. The quantitative estimate of drug-likeness (QED) is 0.387. The summed E-state index contributed by atoms with van der Waals surface area (Å²) in [5, 5.41) is 16.2. The molecule has 1 unspecified atom stereocenters. The summed E-state index contributed by atoms with van der Waals surface area (Å²) in [4.78, 5) is 33.2. The molecule has 23 heavy (non-hydrogen) atoms. The fourth-order valence-corrected chi connectivity index (χ4v) is 1.49. The number of hydrogen-bond donors (Lipinski definition) is 5. The molecule has 0 aromatic heterocycles. The van der Waals surface area contributed by atoms with Crippen molar-refractivity contribution in [2.45, 2.75) is 51.7 Å². The van der Waals surface area contributed by atoms with E-state index in [0.717, 1.165) is 19.3 Å². The molecule has 0 aliphatic carbocycles. The van der Waals surface area contributed by atoms with Gasteiger partial charge in [0.15, 0.2) is 0 Å². The molecule has 0 rings (SSSR count). The van der Waals surface area contributed by atoms with Crippen molar-refractivity contribution in [2.24, 2.45) is 5.73 Å². The molecular weight excluding hydrogens is 304 g/mol. The van der Waals surface area contributed by atoms with Crippen LogP contribution >= 0.6 is 0 Å². The number of carbonyl (C=O) groups excluding carboxylic acids is 2. The molecule has 0 radical (unpaired) electrons. The van der Waals surface area contributed by atoms with E-state index < -0.39 is 29.7 Å². The number of carbonyl (C=O) groups is 3. The van der Waals surface area contributed by atoms with Gasteiger partial charge in [-0.1, -0.05) is 0 Å². The monoisotopic (exact) mass is 332 g/mol. The Morgan fingerprint density at radius 1 is 1.04 bits per heavy atom. The molecular formula is C14H28N4O5. The van der Waals surface area contributed by atoms with Crippen LogP contribution in [-0.2, 0) is 9.53 Å². The lowest BCUT2D eigenvalue weighted by atomic mass is 10.2. The number of nitrogens with two attached hydrogens (primary N) is 1. The van der Waals surface area contributed by atoms with E-state index in [4.69, 9.17) is 15.6 Å². The maximum Gasteiger partial charge on any atom is 0.407 e. The van der Waals surface area contributed by atoms with Gasteiger partial charge in [-0.05, 0) is 40.0 Å². The van der Waals surface area contributed by atoms with E-state index in [9.17, 15) is 14.4 Å². The van der Waals surface area contributed by atoms with Crippen LogP contribution in [0.3, 0.4) is 0 Å². The Morgan fingerprint density at radius 3 is 2.13 bits per heavy atom. The van der Waals surface area contributed by atoms with Gasteiger partial charge in [-0.2, -0.15) is 0 Å². The average molecular weight is 332 g/mol. The third-order valence-electron chi connectivity index (χ3n) is 2.61. The minimum absolute atomic E-state index is 0.124. The van der Waals surface area contributed by atoms with Crippen molar-refractivity contribution in [3.63, 3.8) is 0 Å². The summed E-state index contributed by atoms with van der Waals surface area (Å²) in [6.45, 7) is 6.24. The van der Waals surface area contributed by atoms with Crippen molar-refractivity contribution >= 4 is 18.1 Å². The Labute approximate surface area is 136 Å².